The van der Waals surface area contributed by atoms with Gasteiger partial charge in [0, 0.05) is 80.7 Å². The van der Waals surface area contributed by atoms with Gasteiger partial charge < -0.3 is 43.2 Å². The number of carbonyl (C=O) groups excluding carboxylic acids is 5. The minimum Gasteiger partial charge on any atom is -0.639 e. The van der Waals surface area contributed by atoms with Crippen LogP contribution in [0.1, 0.15) is 183 Å². The molecule has 4 radical (unpaired) electrons. The van der Waals surface area contributed by atoms with E-state index in [1.54, 1.807) is 28.4 Å². The maximum atomic E-state index is 12.4. The Morgan fingerprint density at radius 3 is 0.591 bits per heavy atom. The smallest absolute Gasteiger partial charge is 0.193 e. The molecule has 10 rings (SSSR count). The van der Waals surface area contributed by atoms with E-state index < -0.39 is 0 Å². The van der Waals surface area contributed by atoms with Crippen LogP contribution in [0.25, 0.3) is 11.1 Å². The fourth-order valence-electron chi connectivity index (χ4n) is 7.76. The number of ether oxygens (including phenoxy) is 3. The van der Waals surface area contributed by atoms with Crippen LogP contribution in [0, 0.1) is 111 Å². The van der Waals surface area contributed by atoms with E-state index in [2.05, 4.69) is 179 Å². The summed E-state index contributed by atoms with van der Waals surface area (Å²) in [6, 6.07) is 77.9. The van der Waals surface area contributed by atoms with Crippen molar-refractivity contribution in [2.75, 3.05) is 42.5 Å². The Kier molecular flexibility index (Phi) is 88.3. The third-order valence-electron chi connectivity index (χ3n) is 14.7. The fraction of sp³-hybridized carbons (Fsp3) is 0.337. The van der Waals surface area contributed by atoms with Crippen LogP contribution in [0.5, 0.6) is 11.5 Å². The van der Waals surface area contributed by atoms with Gasteiger partial charge in [0.15, 0.2) is 5.78 Å². The van der Waals surface area contributed by atoms with Crippen LogP contribution in [0.4, 0.5) is 0 Å². The third-order valence-corrected chi connectivity index (χ3v) is 14.7. The summed E-state index contributed by atoms with van der Waals surface area (Å²) in [6.45, 7) is 49.8. The average Bonchev–Trinajstić information content (AvgIpc) is 0.837. The number of aryl methyl sites for hydroxylation is 16. The first kappa shape index (κ1) is 122. The van der Waals surface area contributed by atoms with E-state index in [1.807, 2.05) is 227 Å². The Labute approximate surface area is 699 Å². The van der Waals surface area contributed by atoms with Gasteiger partial charge in [0.2, 0.25) is 0 Å². The topological polar surface area (TPSA) is 120 Å². The zero-order valence-electron chi connectivity index (χ0n) is 70.8. The van der Waals surface area contributed by atoms with Crippen LogP contribution in [-0.2, 0) is 61.4 Å². The molecule has 0 aromatic heterocycles. The molecule has 600 valence electrons. The molecule has 0 aliphatic carbocycles. The van der Waals surface area contributed by atoms with E-state index in [-0.39, 0.29) is 69.2 Å². The summed E-state index contributed by atoms with van der Waals surface area (Å²) >= 11 is 0. The third kappa shape index (κ3) is 59.0. The van der Waals surface area contributed by atoms with Crippen LogP contribution in [0.2, 0.25) is 0 Å². The van der Waals surface area contributed by atoms with Crippen molar-refractivity contribution in [2.45, 2.75) is 188 Å². The summed E-state index contributed by atoms with van der Waals surface area (Å²) in [5.74, 6) is 1.90. The monoisotopic (exact) mass is 1570 g/mol. The van der Waals surface area contributed by atoms with Gasteiger partial charge in [-0.2, -0.15) is 25.6 Å². The summed E-state index contributed by atoms with van der Waals surface area (Å²) in [7, 11) is 9.03. The Bertz CT molecular complexity index is 3450. The minimum absolute atomic E-state index is 0. The molecule has 0 heterocycles. The number of nitrogens with zero attached hydrogens (tertiary/aromatic N) is 2. The van der Waals surface area contributed by atoms with E-state index in [1.165, 1.54) is 129 Å². The predicted molar refractivity (Wildman–Crippen MR) is 478 cm³/mol. The van der Waals surface area contributed by atoms with E-state index in [4.69, 9.17) is 4.74 Å². The molecule has 0 bridgehead atoms. The van der Waals surface area contributed by atoms with Crippen LogP contribution >= 0.6 is 0 Å². The van der Waals surface area contributed by atoms with Crippen LogP contribution < -0.4 is 4.74 Å². The molecule has 0 atom stereocenters. The molecule has 0 unspecified atom stereocenters. The summed E-state index contributed by atoms with van der Waals surface area (Å²) in [5, 5.41) is 0. The number of benzene rings is 10. The van der Waals surface area contributed by atoms with Crippen LogP contribution in [-0.4, -0.2) is 92.2 Å². The van der Waals surface area contributed by atoms with Gasteiger partial charge in [-0.3, -0.25) is 4.79 Å². The van der Waals surface area contributed by atoms with Gasteiger partial charge in [-0.1, -0.05) is 272 Å². The molecule has 0 saturated carbocycles. The van der Waals surface area contributed by atoms with Gasteiger partial charge in [0.25, 0.3) is 0 Å². The number of ketones is 1. The normalized spacial score (nSPS) is 8.35. The van der Waals surface area contributed by atoms with Crippen LogP contribution in [0.15, 0.2) is 231 Å². The molecular formula is C98H140BN2O8Y-4. The summed E-state index contributed by atoms with van der Waals surface area (Å²) in [4.78, 5) is 50.7. The molecule has 0 aliphatic rings. The molecule has 0 spiro atoms. The van der Waals surface area contributed by atoms with Crippen molar-refractivity contribution in [2.24, 2.45) is 0 Å². The molecule has 10 aromatic rings. The Hall–Kier alpha value is -8.96. The first-order valence-electron chi connectivity index (χ1n) is 35.7. The summed E-state index contributed by atoms with van der Waals surface area (Å²) < 4.78 is 14.4. The molecule has 10 nitrogen and oxygen atoms in total. The van der Waals surface area contributed by atoms with Crippen molar-refractivity contribution in [1.82, 2.24) is 9.80 Å². The molecule has 110 heavy (non-hydrogen) atoms. The van der Waals surface area contributed by atoms with Gasteiger partial charge in [0.1, 0.15) is 11.5 Å². The van der Waals surface area contributed by atoms with E-state index in [0.717, 1.165) is 33.8 Å². The molecular weight excluding hydrogens is 1430 g/mol. The second-order valence-electron chi connectivity index (χ2n) is 22.9. The maximum absolute atomic E-state index is 12.4. The molecule has 0 saturated heterocycles. The number of hydrogen-bond donors (Lipinski definition) is 0. The Balaban J connectivity index is -0.000000128. The van der Waals surface area contributed by atoms with Gasteiger partial charge in [-0.25, -0.2) is 0 Å². The molecule has 0 N–H and O–H groups in total. The second kappa shape index (κ2) is 79.6. The average molecular weight is 1570 g/mol. The van der Waals surface area contributed by atoms with Crippen molar-refractivity contribution >= 4 is 39.8 Å². The van der Waals surface area contributed by atoms with E-state index in [9.17, 15) is 24.0 Å². The molecule has 12 heteroatoms. The Morgan fingerprint density at radius 1 is 0.264 bits per heavy atom. The first-order chi connectivity index (χ1) is 50.2. The molecule has 4 amide bonds. The fourth-order valence-corrected chi connectivity index (χ4v) is 7.76. The SMILES string of the molecule is C.C.C.CC.CC.CC.CC.CN([C-]=O)[C-]=O.CN([C-]=O)[C-]=O.COC.COC.Cc1cc(C)c(C)cc1C.Cc1ccc(-c2ccc(C)c(C)c2)cc1C.Cc1ccc(C(=O)c2ccc(C)c(C)c2)cc1C.Cc1ccc(Oc2ccc(C)c(C)c2)cc1C.[B].[Y].c1ccccc1.c1ccccc1.c1ccccc1. The quantitative estimate of drug-likeness (QED) is 0.0607. The van der Waals surface area contributed by atoms with Crippen molar-refractivity contribution in [3.8, 4) is 22.6 Å². The van der Waals surface area contributed by atoms with Crippen molar-refractivity contribution in [1.29, 1.82) is 0 Å². The minimum atomic E-state index is 0. The molecule has 10 aromatic carbocycles. The predicted octanol–water partition coefficient (Wildman–Crippen LogP) is 25.7. The zero-order valence-corrected chi connectivity index (χ0v) is 73.6. The molecule has 0 fully saturated rings. The van der Waals surface area contributed by atoms with Gasteiger partial charge >= 0.3 is 0 Å². The van der Waals surface area contributed by atoms with Gasteiger partial charge in [0.05, 0.1) is 0 Å². The summed E-state index contributed by atoms with van der Waals surface area (Å²) in [6.07, 6.45) is 5.10. The van der Waals surface area contributed by atoms with Crippen molar-refractivity contribution in [3.05, 3.63) is 331 Å². The van der Waals surface area contributed by atoms with Crippen LogP contribution in [0.3, 0.4) is 0 Å². The zero-order chi connectivity index (χ0) is 81.3. The Morgan fingerprint density at radius 2 is 0.427 bits per heavy atom. The number of rotatable bonds is 9. The van der Waals surface area contributed by atoms with Gasteiger partial charge in [-0.05, 0) is 261 Å². The second-order valence-corrected chi connectivity index (χ2v) is 22.9. The summed E-state index contributed by atoms with van der Waals surface area (Å²) in [5.41, 5.74) is 25.0. The van der Waals surface area contributed by atoms with Crippen molar-refractivity contribution in [3.63, 3.8) is 0 Å². The molecule has 0 aliphatic heterocycles. The van der Waals surface area contributed by atoms with Gasteiger partial charge in [-0.15, -0.1) is 0 Å². The maximum Gasteiger partial charge on any atom is 0.193 e. The first-order valence-corrected chi connectivity index (χ1v) is 35.7. The number of hydrogen-bond acceptors (Lipinski definition) is 8. The van der Waals surface area contributed by atoms with E-state index in [0.29, 0.717) is 9.80 Å². The number of imide groups is 2. The standard InChI is InChI=1S/C17H18O.C16H18O.C16H18.C10H14.3C6H6.2C3H3NO2.2C2H6O.4C2H6.3CH4.B.Y/c1-11-5-7-15(9-13(11)3)17(18)16-8-6-12(2)14(4)10-16;1-11-5-7-15(9-13(11)3)17-16-8-6-12(2)14(4)10-16;1-11-5-7-15(9-13(11)3)16-8-6-12(2)14(4)10-16;1-7-5-9(3)10(4)6-8(7)2;3*1-2-4-6-5-3-1;2*1-4(2-5)3-6;2*1-3-2;4*1-2;;;;;/h5-10H,1-4H3;5-10H,1-4H3;5-10H,1-4H3;5-6H,1-4H3;3*1-6H;2*1H3;2*1-2H3;4*1-2H3;3*1H4;;/q;;;;;;;2*-2;;;;;;;;;;;. The number of methoxy groups -OCH3 is 2. The van der Waals surface area contributed by atoms with E-state index >= 15 is 0 Å². The number of amides is 4. The largest absolute Gasteiger partial charge is 0.639 e. The number of carbonyl (C=O) groups is 1. The van der Waals surface area contributed by atoms with Crippen molar-refractivity contribution < 1.29 is 70.9 Å².